The molecule has 0 heterocycles. The van der Waals surface area contributed by atoms with E-state index in [0.29, 0.717) is 6.42 Å². The van der Waals surface area contributed by atoms with E-state index < -0.39 is 0 Å². The first kappa shape index (κ1) is 10.0. The molecule has 1 aromatic carbocycles. The molecule has 0 spiro atoms. The van der Waals surface area contributed by atoms with Gasteiger partial charge in [-0.3, -0.25) is 0 Å². The van der Waals surface area contributed by atoms with Crippen LogP contribution >= 0.6 is 38.5 Å². The van der Waals surface area contributed by atoms with Crippen LogP contribution in [-0.4, -0.2) is 0 Å². The lowest BCUT2D eigenvalue weighted by molar-refractivity contribution is 1.22. The Balaban J connectivity index is 3.16. The van der Waals surface area contributed by atoms with Crippen LogP contribution in [0.2, 0.25) is 0 Å². The van der Waals surface area contributed by atoms with E-state index in [1.807, 2.05) is 6.07 Å². The van der Waals surface area contributed by atoms with Gasteiger partial charge in [0.2, 0.25) is 0 Å². The van der Waals surface area contributed by atoms with Crippen LogP contribution in [0.1, 0.15) is 11.1 Å². The number of halogens is 2. The van der Waals surface area contributed by atoms with Crippen molar-refractivity contribution < 1.29 is 0 Å². The summed E-state index contributed by atoms with van der Waals surface area (Å²) in [5.41, 5.74) is 2.30. The van der Waals surface area contributed by atoms with Crippen LogP contribution in [0.15, 0.2) is 16.6 Å². The highest BCUT2D eigenvalue weighted by molar-refractivity contribution is 14.1. The summed E-state index contributed by atoms with van der Waals surface area (Å²) in [5, 5.41) is 8.53. The molecule has 0 saturated heterocycles. The zero-order valence-corrected chi connectivity index (χ0v) is 10.3. The molecule has 0 fully saturated rings. The smallest absolute Gasteiger partial charge is 0.0670 e. The van der Waals surface area contributed by atoms with Crippen LogP contribution in [0.4, 0.5) is 0 Å². The third kappa shape index (κ3) is 2.20. The van der Waals surface area contributed by atoms with Crippen LogP contribution in [0, 0.1) is 21.8 Å². The number of hydrogen-bond donors (Lipinski definition) is 0. The Morgan fingerprint density at radius 1 is 1.58 bits per heavy atom. The predicted molar refractivity (Wildman–Crippen MR) is 60.9 cm³/mol. The van der Waals surface area contributed by atoms with Gasteiger partial charge >= 0.3 is 0 Å². The fraction of sp³-hybridized carbons (Fsp3) is 0.222. The molecule has 1 aromatic rings. The van der Waals surface area contributed by atoms with Gasteiger partial charge in [0.05, 0.1) is 12.5 Å². The first-order valence-electron chi connectivity index (χ1n) is 3.46. The minimum absolute atomic E-state index is 0.469. The number of aryl methyl sites for hydroxylation is 1. The third-order valence-electron chi connectivity index (χ3n) is 1.60. The fourth-order valence-electron chi connectivity index (χ4n) is 0.908. The third-order valence-corrected chi connectivity index (χ3v) is 3.50. The molecular weight excluding hydrogens is 329 g/mol. The average Bonchev–Trinajstić information content (AvgIpc) is 2.01. The summed E-state index contributed by atoms with van der Waals surface area (Å²) >= 11 is 5.70. The molecule has 0 aromatic heterocycles. The molecule has 12 heavy (non-hydrogen) atoms. The van der Waals surface area contributed by atoms with Gasteiger partial charge in [-0.1, -0.05) is 15.9 Å². The van der Waals surface area contributed by atoms with Crippen molar-refractivity contribution in [2.45, 2.75) is 13.3 Å². The van der Waals surface area contributed by atoms with Crippen LogP contribution in [0.25, 0.3) is 0 Å². The molecule has 0 amide bonds. The zero-order chi connectivity index (χ0) is 9.14. The van der Waals surface area contributed by atoms with Gasteiger partial charge in [0.1, 0.15) is 0 Å². The van der Waals surface area contributed by atoms with Crippen LogP contribution in [-0.2, 0) is 6.42 Å². The van der Waals surface area contributed by atoms with E-state index >= 15 is 0 Å². The summed E-state index contributed by atoms with van der Waals surface area (Å²) in [4.78, 5) is 0. The van der Waals surface area contributed by atoms with E-state index in [1.165, 1.54) is 9.13 Å². The molecule has 0 aliphatic carbocycles. The average molecular weight is 336 g/mol. The van der Waals surface area contributed by atoms with Gasteiger partial charge in [-0.25, -0.2) is 0 Å². The van der Waals surface area contributed by atoms with Crippen molar-refractivity contribution >= 4 is 38.5 Å². The Bertz CT molecular complexity index is 341. The van der Waals surface area contributed by atoms with Crippen molar-refractivity contribution in [3.63, 3.8) is 0 Å². The quantitative estimate of drug-likeness (QED) is 0.721. The first-order valence-corrected chi connectivity index (χ1v) is 5.34. The minimum atomic E-state index is 0.469. The zero-order valence-electron chi connectivity index (χ0n) is 6.56. The van der Waals surface area contributed by atoms with Crippen molar-refractivity contribution in [2.75, 3.05) is 0 Å². The van der Waals surface area contributed by atoms with E-state index in [4.69, 9.17) is 5.26 Å². The largest absolute Gasteiger partial charge is 0.198 e. The molecule has 3 heteroatoms. The summed E-state index contributed by atoms with van der Waals surface area (Å²) in [6.07, 6.45) is 0.469. The molecule has 1 rings (SSSR count). The van der Waals surface area contributed by atoms with Crippen LogP contribution in [0.5, 0.6) is 0 Å². The Kier molecular flexibility index (Phi) is 3.53. The second kappa shape index (κ2) is 4.24. The summed E-state index contributed by atoms with van der Waals surface area (Å²) in [5.74, 6) is 0. The molecule has 0 saturated carbocycles. The monoisotopic (exact) mass is 335 g/mol. The summed E-state index contributed by atoms with van der Waals surface area (Å²) < 4.78 is 2.24. The van der Waals surface area contributed by atoms with Crippen molar-refractivity contribution in [3.8, 4) is 6.07 Å². The van der Waals surface area contributed by atoms with E-state index in [1.54, 1.807) is 0 Å². The lowest BCUT2D eigenvalue weighted by Crippen LogP contribution is -1.88. The maximum atomic E-state index is 8.53. The molecule has 0 unspecified atom stereocenters. The molecular formula is C9H7BrIN. The lowest BCUT2D eigenvalue weighted by Gasteiger charge is -2.03. The van der Waals surface area contributed by atoms with Gasteiger partial charge in [0, 0.05) is 8.04 Å². The van der Waals surface area contributed by atoms with E-state index in [9.17, 15) is 0 Å². The lowest BCUT2D eigenvalue weighted by atomic mass is 10.1. The summed E-state index contributed by atoms with van der Waals surface area (Å²) in [6.45, 7) is 2.06. The van der Waals surface area contributed by atoms with E-state index in [2.05, 4.69) is 57.6 Å². The van der Waals surface area contributed by atoms with Crippen molar-refractivity contribution in [1.82, 2.24) is 0 Å². The molecule has 62 valence electrons. The highest BCUT2D eigenvalue weighted by Gasteiger charge is 2.02. The van der Waals surface area contributed by atoms with Crippen LogP contribution < -0.4 is 0 Å². The Morgan fingerprint density at radius 3 is 2.83 bits per heavy atom. The normalized spacial score (nSPS) is 9.50. The second-order valence-electron chi connectivity index (χ2n) is 2.53. The fourth-order valence-corrected chi connectivity index (χ4v) is 2.04. The predicted octanol–water partition coefficient (Wildman–Crippen LogP) is 3.43. The van der Waals surface area contributed by atoms with Gasteiger partial charge < -0.3 is 0 Å². The first-order chi connectivity index (χ1) is 5.65. The highest BCUT2D eigenvalue weighted by atomic mass is 127. The van der Waals surface area contributed by atoms with Crippen molar-refractivity contribution in [3.05, 3.63) is 31.3 Å². The topological polar surface area (TPSA) is 23.8 Å². The van der Waals surface area contributed by atoms with E-state index in [0.717, 1.165) is 10.0 Å². The van der Waals surface area contributed by atoms with Gasteiger partial charge in [-0.2, -0.15) is 5.26 Å². The molecule has 0 radical (unpaired) electrons. The number of benzene rings is 1. The number of rotatable bonds is 1. The molecule has 0 aliphatic heterocycles. The summed E-state index contributed by atoms with van der Waals surface area (Å²) in [6, 6.07) is 6.23. The Morgan fingerprint density at radius 2 is 2.25 bits per heavy atom. The Labute approximate surface area is 94.0 Å². The molecule has 0 bridgehead atoms. The SMILES string of the molecule is Cc1cc(Br)c(CC#N)cc1I. The number of nitriles is 1. The highest BCUT2D eigenvalue weighted by Crippen LogP contribution is 2.23. The minimum Gasteiger partial charge on any atom is -0.198 e. The molecule has 1 nitrogen and oxygen atoms in total. The van der Waals surface area contributed by atoms with Gasteiger partial charge in [0.15, 0.2) is 0 Å². The molecule has 0 atom stereocenters. The van der Waals surface area contributed by atoms with Crippen LogP contribution in [0.3, 0.4) is 0 Å². The van der Waals surface area contributed by atoms with Crippen molar-refractivity contribution in [2.24, 2.45) is 0 Å². The maximum absolute atomic E-state index is 8.53. The summed E-state index contributed by atoms with van der Waals surface area (Å²) in [7, 11) is 0. The number of nitrogens with zero attached hydrogens (tertiary/aromatic N) is 1. The Hall–Kier alpha value is -0.0800. The maximum Gasteiger partial charge on any atom is 0.0670 e. The number of hydrogen-bond acceptors (Lipinski definition) is 1. The van der Waals surface area contributed by atoms with Gasteiger partial charge in [-0.15, -0.1) is 0 Å². The standard InChI is InChI=1S/C9H7BrIN/c1-6-4-8(10)7(2-3-12)5-9(6)11/h4-5H,2H2,1H3. The van der Waals surface area contributed by atoms with Gasteiger partial charge in [0.25, 0.3) is 0 Å². The van der Waals surface area contributed by atoms with E-state index in [-0.39, 0.29) is 0 Å². The van der Waals surface area contributed by atoms with Gasteiger partial charge in [-0.05, 0) is 52.8 Å². The van der Waals surface area contributed by atoms with Crippen molar-refractivity contribution in [1.29, 1.82) is 5.26 Å². The molecule has 0 aliphatic rings. The second-order valence-corrected chi connectivity index (χ2v) is 4.54. The molecule has 0 N–H and O–H groups in total.